The predicted molar refractivity (Wildman–Crippen MR) is 84.4 cm³/mol. The standard InChI is InChI=1S/C16H24FN3O2/c1-12-6-8-20(9-7-12)16(18)19-10-14(21)11-22-15-4-2-13(17)3-5-15/h2-5,12,14,21H,6-11H2,1H3,(H2,18,19). The lowest BCUT2D eigenvalue weighted by atomic mass is 10.00. The molecule has 0 spiro atoms. The van der Waals surface area contributed by atoms with Crippen LogP contribution in [-0.4, -0.2) is 48.3 Å². The van der Waals surface area contributed by atoms with Gasteiger partial charge >= 0.3 is 0 Å². The van der Waals surface area contributed by atoms with Gasteiger partial charge in [-0.05, 0) is 43.0 Å². The number of likely N-dealkylation sites (tertiary alicyclic amines) is 1. The summed E-state index contributed by atoms with van der Waals surface area (Å²) >= 11 is 0. The van der Waals surface area contributed by atoms with E-state index in [-0.39, 0.29) is 19.0 Å². The van der Waals surface area contributed by atoms with E-state index in [4.69, 9.17) is 10.5 Å². The molecule has 0 bridgehead atoms. The van der Waals surface area contributed by atoms with Gasteiger partial charge in [-0.15, -0.1) is 0 Å². The van der Waals surface area contributed by atoms with Gasteiger partial charge in [0.1, 0.15) is 24.3 Å². The van der Waals surface area contributed by atoms with Crippen LogP contribution in [0.3, 0.4) is 0 Å². The van der Waals surface area contributed by atoms with Crippen LogP contribution in [0, 0.1) is 11.7 Å². The summed E-state index contributed by atoms with van der Waals surface area (Å²) in [6.45, 7) is 4.36. The SMILES string of the molecule is CC1CCN(C(N)=NCC(O)COc2ccc(F)cc2)CC1. The first-order chi connectivity index (χ1) is 10.5. The lowest BCUT2D eigenvalue weighted by molar-refractivity contribution is 0.114. The highest BCUT2D eigenvalue weighted by atomic mass is 19.1. The third-order valence-corrected chi connectivity index (χ3v) is 3.83. The van der Waals surface area contributed by atoms with Gasteiger partial charge in [-0.25, -0.2) is 4.39 Å². The van der Waals surface area contributed by atoms with Crippen LogP contribution in [0.15, 0.2) is 29.3 Å². The monoisotopic (exact) mass is 309 g/mol. The molecule has 1 heterocycles. The van der Waals surface area contributed by atoms with E-state index < -0.39 is 6.10 Å². The number of halogens is 1. The van der Waals surface area contributed by atoms with E-state index in [2.05, 4.69) is 11.9 Å². The van der Waals surface area contributed by atoms with Crippen LogP contribution < -0.4 is 10.5 Å². The zero-order valence-electron chi connectivity index (χ0n) is 12.9. The predicted octanol–water partition coefficient (Wildman–Crippen LogP) is 1.61. The summed E-state index contributed by atoms with van der Waals surface area (Å²) in [5.41, 5.74) is 5.95. The quantitative estimate of drug-likeness (QED) is 0.640. The summed E-state index contributed by atoms with van der Waals surface area (Å²) in [5, 5.41) is 9.87. The molecular weight excluding hydrogens is 285 g/mol. The van der Waals surface area contributed by atoms with E-state index in [0.717, 1.165) is 31.8 Å². The Labute approximate surface area is 130 Å². The molecule has 0 radical (unpaired) electrons. The number of nitrogens with zero attached hydrogens (tertiary/aromatic N) is 2. The van der Waals surface area contributed by atoms with Gasteiger partial charge in [-0.3, -0.25) is 4.99 Å². The van der Waals surface area contributed by atoms with Gasteiger partial charge in [0.2, 0.25) is 0 Å². The van der Waals surface area contributed by atoms with Crippen LogP contribution in [0.2, 0.25) is 0 Å². The maximum absolute atomic E-state index is 12.8. The van der Waals surface area contributed by atoms with Gasteiger partial charge < -0.3 is 20.5 Å². The molecule has 1 fully saturated rings. The molecule has 1 aliphatic heterocycles. The first kappa shape index (κ1) is 16.5. The molecule has 0 aromatic heterocycles. The van der Waals surface area contributed by atoms with Crippen molar-refractivity contribution in [3.05, 3.63) is 30.1 Å². The van der Waals surface area contributed by atoms with E-state index in [1.807, 2.05) is 4.90 Å². The lowest BCUT2D eigenvalue weighted by Crippen LogP contribution is -2.43. The fourth-order valence-electron chi connectivity index (χ4n) is 2.31. The molecule has 0 amide bonds. The summed E-state index contributed by atoms with van der Waals surface area (Å²) in [6, 6.07) is 5.67. The Morgan fingerprint density at radius 2 is 2.05 bits per heavy atom. The van der Waals surface area contributed by atoms with Gasteiger partial charge in [-0.2, -0.15) is 0 Å². The molecule has 1 aliphatic rings. The van der Waals surface area contributed by atoms with Crippen LogP contribution in [0.1, 0.15) is 19.8 Å². The number of piperidine rings is 1. The molecule has 22 heavy (non-hydrogen) atoms. The second kappa shape index (κ2) is 7.98. The molecule has 5 nitrogen and oxygen atoms in total. The van der Waals surface area contributed by atoms with Crippen LogP contribution in [0.4, 0.5) is 4.39 Å². The van der Waals surface area contributed by atoms with Crippen LogP contribution in [0.25, 0.3) is 0 Å². The third-order valence-electron chi connectivity index (χ3n) is 3.83. The van der Waals surface area contributed by atoms with E-state index in [1.54, 1.807) is 0 Å². The highest BCUT2D eigenvalue weighted by molar-refractivity contribution is 5.78. The number of hydrogen-bond acceptors (Lipinski definition) is 3. The number of aliphatic hydroxyl groups is 1. The summed E-state index contributed by atoms with van der Waals surface area (Å²) in [6.07, 6.45) is 1.49. The number of ether oxygens (including phenoxy) is 1. The topological polar surface area (TPSA) is 71.1 Å². The van der Waals surface area contributed by atoms with Crippen molar-refractivity contribution in [1.29, 1.82) is 0 Å². The third kappa shape index (κ3) is 5.18. The van der Waals surface area contributed by atoms with E-state index >= 15 is 0 Å². The average molecular weight is 309 g/mol. The van der Waals surface area contributed by atoms with Gasteiger partial charge in [-0.1, -0.05) is 6.92 Å². The molecule has 1 atom stereocenters. The van der Waals surface area contributed by atoms with Gasteiger partial charge in [0.05, 0.1) is 6.54 Å². The first-order valence-electron chi connectivity index (χ1n) is 7.66. The second-order valence-electron chi connectivity index (χ2n) is 5.79. The Morgan fingerprint density at radius 3 is 2.68 bits per heavy atom. The Balaban J connectivity index is 1.73. The molecule has 2 rings (SSSR count). The number of aliphatic hydroxyl groups excluding tert-OH is 1. The Kier molecular flexibility index (Phi) is 6.00. The van der Waals surface area contributed by atoms with Gasteiger partial charge in [0.15, 0.2) is 5.96 Å². The van der Waals surface area contributed by atoms with Crippen LogP contribution in [-0.2, 0) is 0 Å². The Morgan fingerprint density at radius 1 is 1.41 bits per heavy atom. The fraction of sp³-hybridized carbons (Fsp3) is 0.562. The summed E-state index contributed by atoms with van der Waals surface area (Å²) in [7, 11) is 0. The molecule has 1 saturated heterocycles. The summed E-state index contributed by atoms with van der Waals surface area (Å²) < 4.78 is 18.1. The highest BCUT2D eigenvalue weighted by Crippen LogP contribution is 2.15. The van der Waals surface area contributed by atoms with Crippen molar-refractivity contribution in [2.24, 2.45) is 16.6 Å². The smallest absolute Gasteiger partial charge is 0.191 e. The Bertz CT molecular complexity index is 485. The Hall–Kier alpha value is -1.82. The van der Waals surface area contributed by atoms with Crippen LogP contribution in [0.5, 0.6) is 5.75 Å². The molecule has 1 aromatic carbocycles. The normalized spacial score (nSPS) is 18.3. The summed E-state index contributed by atoms with van der Waals surface area (Å²) in [5.74, 6) is 1.41. The largest absolute Gasteiger partial charge is 0.491 e. The number of nitrogens with two attached hydrogens (primary N) is 1. The first-order valence-corrected chi connectivity index (χ1v) is 7.66. The minimum atomic E-state index is -0.743. The van der Waals surface area contributed by atoms with Crippen molar-refractivity contribution in [1.82, 2.24) is 4.90 Å². The lowest BCUT2D eigenvalue weighted by Gasteiger charge is -2.31. The second-order valence-corrected chi connectivity index (χ2v) is 5.79. The molecular formula is C16H24FN3O2. The maximum Gasteiger partial charge on any atom is 0.191 e. The number of aliphatic imine (C=N–C) groups is 1. The van der Waals surface area contributed by atoms with Crippen molar-refractivity contribution < 1.29 is 14.2 Å². The highest BCUT2D eigenvalue weighted by Gasteiger charge is 2.17. The summed E-state index contributed by atoms with van der Waals surface area (Å²) in [4.78, 5) is 6.28. The van der Waals surface area contributed by atoms with E-state index in [1.165, 1.54) is 24.3 Å². The molecule has 0 aliphatic carbocycles. The zero-order valence-corrected chi connectivity index (χ0v) is 12.9. The van der Waals surface area contributed by atoms with Crippen molar-refractivity contribution in [3.63, 3.8) is 0 Å². The van der Waals surface area contributed by atoms with Gasteiger partial charge in [0.25, 0.3) is 0 Å². The molecule has 1 aromatic rings. The van der Waals surface area contributed by atoms with Crippen molar-refractivity contribution in [2.45, 2.75) is 25.9 Å². The van der Waals surface area contributed by atoms with Crippen LogP contribution >= 0.6 is 0 Å². The van der Waals surface area contributed by atoms with Gasteiger partial charge in [0, 0.05) is 13.1 Å². The molecule has 6 heteroatoms. The molecule has 122 valence electrons. The van der Waals surface area contributed by atoms with Crippen molar-refractivity contribution in [3.8, 4) is 5.75 Å². The number of hydrogen-bond donors (Lipinski definition) is 2. The maximum atomic E-state index is 12.8. The number of guanidine groups is 1. The van der Waals surface area contributed by atoms with E-state index in [0.29, 0.717) is 11.7 Å². The zero-order chi connectivity index (χ0) is 15.9. The van der Waals surface area contributed by atoms with Crippen molar-refractivity contribution in [2.75, 3.05) is 26.2 Å². The minimum Gasteiger partial charge on any atom is -0.491 e. The molecule has 0 saturated carbocycles. The molecule has 1 unspecified atom stereocenters. The van der Waals surface area contributed by atoms with E-state index in [9.17, 15) is 9.50 Å². The average Bonchev–Trinajstić information content (AvgIpc) is 2.52. The number of rotatable bonds is 5. The van der Waals surface area contributed by atoms with Crippen molar-refractivity contribution >= 4 is 5.96 Å². The number of benzene rings is 1. The fourth-order valence-corrected chi connectivity index (χ4v) is 2.31. The minimum absolute atomic E-state index is 0.0967. The molecule has 3 N–H and O–H groups in total.